The van der Waals surface area contributed by atoms with E-state index in [2.05, 4.69) is 4.99 Å². The summed E-state index contributed by atoms with van der Waals surface area (Å²) in [6.45, 7) is 1.54. The van der Waals surface area contributed by atoms with Gasteiger partial charge in [0.2, 0.25) is 0 Å². The van der Waals surface area contributed by atoms with E-state index in [-0.39, 0.29) is 12.4 Å². The van der Waals surface area contributed by atoms with Gasteiger partial charge in [-0.25, -0.2) is 4.39 Å². The average Bonchev–Trinajstić information content (AvgIpc) is 2.93. The third-order valence-corrected chi connectivity index (χ3v) is 4.22. The number of thioether (sulfide) groups is 1. The first-order valence-electron chi connectivity index (χ1n) is 5.73. The SMILES string of the molecule is OC1(COc2cccc(F)c2)CSC2=NCCN21. The van der Waals surface area contributed by atoms with Crippen LogP contribution in [0.4, 0.5) is 4.39 Å². The van der Waals surface area contributed by atoms with Crippen LogP contribution in [0, 0.1) is 5.82 Å². The summed E-state index contributed by atoms with van der Waals surface area (Å²) in [7, 11) is 0. The molecule has 1 aromatic rings. The van der Waals surface area contributed by atoms with Gasteiger partial charge in [0.15, 0.2) is 10.9 Å². The Balaban J connectivity index is 1.68. The number of rotatable bonds is 3. The van der Waals surface area contributed by atoms with E-state index >= 15 is 0 Å². The van der Waals surface area contributed by atoms with Gasteiger partial charge in [-0.3, -0.25) is 4.99 Å². The molecule has 3 rings (SSSR count). The number of benzene rings is 1. The molecule has 1 aromatic carbocycles. The van der Waals surface area contributed by atoms with Crippen molar-refractivity contribution in [1.29, 1.82) is 0 Å². The van der Waals surface area contributed by atoms with Crippen LogP contribution in [0.5, 0.6) is 5.75 Å². The normalized spacial score (nSPS) is 26.1. The summed E-state index contributed by atoms with van der Waals surface area (Å²) in [6, 6.07) is 5.93. The second-order valence-corrected chi connectivity index (χ2v) is 5.28. The fourth-order valence-corrected chi connectivity index (χ4v) is 3.27. The van der Waals surface area contributed by atoms with Gasteiger partial charge in [-0.15, -0.1) is 0 Å². The minimum Gasteiger partial charge on any atom is -0.488 e. The molecule has 1 fully saturated rings. The van der Waals surface area contributed by atoms with Crippen molar-refractivity contribution in [3.05, 3.63) is 30.1 Å². The molecule has 0 amide bonds. The molecule has 0 aliphatic carbocycles. The molecule has 2 aliphatic heterocycles. The number of aliphatic imine (C=N–C) groups is 1. The Hall–Kier alpha value is -1.27. The number of fused-ring (bicyclic) bond motifs is 1. The standard InChI is InChI=1S/C12H13FN2O2S/c13-9-2-1-3-10(6-9)17-7-12(16)8-18-11-14-4-5-15(11)12/h1-3,6,16H,4-5,7-8H2. The lowest BCUT2D eigenvalue weighted by Crippen LogP contribution is -2.51. The Bertz CT molecular complexity index is 497. The Morgan fingerprint density at radius 2 is 2.44 bits per heavy atom. The van der Waals surface area contributed by atoms with E-state index in [9.17, 15) is 9.50 Å². The summed E-state index contributed by atoms with van der Waals surface area (Å²) in [4.78, 5) is 6.15. The molecule has 2 aliphatic rings. The van der Waals surface area contributed by atoms with Crippen LogP contribution < -0.4 is 4.74 Å². The lowest BCUT2D eigenvalue weighted by molar-refractivity contribution is -0.0695. The highest BCUT2D eigenvalue weighted by Crippen LogP contribution is 2.34. The highest BCUT2D eigenvalue weighted by atomic mass is 32.2. The first-order chi connectivity index (χ1) is 8.67. The maximum Gasteiger partial charge on any atom is 0.184 e. The molecule has 18 heavy (non-hydrogen) atoms. The average molecular weight is 268 g/mol. The number of hydrogen-bond acceptors (Lipinski definition) is 5. The monoisotopic (exact) mass is 268 g/mol. The third kappa shape index (κ3) is 2.06. The zero-order valence-corrected chi connectivity index (χ0v) is 10.5. The molecule has 0 radical (unpaired) electrons. The molecule has 1 unspecified atom stereocenters. The molecular weight excluding hydrogens is 255 g/mol. The fourth-order valence-electron chi connectivity index (χ4n) is 2.07. The van der Waals surface area contributed by atoms with E-state index in [1.165, 1.54) is 23.9 Å². The smallest absolute Gasteiger partial charge is 0.184 e. The molecule has 0 saturated carbocycles. The Labute approximate surface area is 108 Å². The van der Waals surface area contributed by atoms with Crippen LogP contribution in [-0.4, -0.2) is 46.3 Å². The van der Waals surface area contributed by atoms with E-state index in [0.717, 1.165) is 5.17 Å². The van der Waals surface area contributed by atoms with Crippen LogP contribution in [0.15, 0.2) is 29.3 Å². The van der Waals surface area contributed by atoms with E-state index in [1.54, 1.807) is 12.1 Å². The maximum atomic E-state index is 13.0. The zero-order valence-electron chi connectivity index (χ0n) is 9.67. The van der Waals surface area contributed by atoms with Crippen LogP contribution in [0.1, 0.15) is 0 Å². The quantitative estimate of drug-likeness (QED) is 0.898. The minimum atomic E-state index is -1.04. The summed E-state index contributed by atoms with van der Waals surface area (Å²) >= 11 is 1.53. The van der Waals surface area contributed by atoms with Crippen molar-refractivity contribution in [2.75, 3.05) is 25.4 Å². The molecule has 1 N–H and O–H groups in total. The Morgan fingerprint density at radius 3 is 3.28 bits per heavy atom. The van der Waals surface area contributed by atoms with Crippen molar-refractivity contribution in [2.24, 2.45) is 4.99 Å². The van der Waals surface area contributed by atoms with Gasteiger partial charge < -0.3 is 14.7 Å². The molecule has 1 atom stereocenters. The summed E-state index contributed by atoms with van der Waals surface area (Å²) in [6.07, 6.45) is 0. The molecule has 0 aromatic heterocycles. The summed E-state index contributed by atoms with van der Waals surface area (Å²) in [5, 5.41) is 11.4. The Kier molecular flexibility index (Phi) is 2.91. The molecule has 0 bridgehead atoms. The van der Waals surface area contributed by atoms with Gasteiger partial charge in [0.1, 0.15) is 18.2 Å². The van der Waals surface area contributed by atoms with Crippen molar-refractivity contribution < 1.29 is 14.2 Å². The molecule has 0 spiro atoms. The largest absolute Gasteiger partial charge is 0.488 e. The Morgan fingerprint density at radius 1 is 1.56 bits per heavy atom. The summed E-state index contributed by atoms with van der Waals surface area (Å²) in [5.74, 6) is 0.614. The lowest BCUT2D eigenvalue weighted by atomic mass is 10.2. The predicted octanol–water partition coefficient (Wildman–Crippen LogP) is 1.31. The van der Waals surface area contributed by atoms with Gasteiger partial charge in [0.05, 0.1) is 12.3 Å². The van der Waals surface area contributed by atoms with Gasteiger partial charge >= 0.3 is 0 Å². The maximum absolute atomic E-state index is 13.0. The van der Waals surface area contributed by atoms with E-state index < -0.39 is 5.72 Å². The fraction of sp³-hybridized carbons (Fsp3) is 0.417. The van der Waals surface area contributed by atoms with Crippen LogP contribution in [0.25, 0.3) is 0 Å². The van der Waals surface area contributed by atoms with Crippen molar-refractivity contribution in [3.8, 4) is 5.75 Å². The second kappa shape index (κ2) is 4.44. The van der Waals surface area contributed by atoms with E-state index in [0.29, 0.717) is 24.6 Å². The zero-order chi connectivity index (χ0) is 12.6. The van der Waals surface area contributed by atoms with Crippen LogP contribution >= 0.6 is 11.8 Å². The number of ether oxygens (including phenoxy) is 1. The van der Waals surface area contributed by atoms with Gasteiger partial charge in [0.25, 0.3) is 0 Å². The highest BCUT2D eigenvalue weighted by molar-refractivity contribution is 8.14. The van der Waals surface area contributed by atoms with E-state index in [1.807, 2.05) is 4.90 Å². The van der Waals surface area contributed by atoms with Crippen LogP contribution in [0.3, 0.4) is 0 Å². The lowest BCUT2D eigenvalue weighted by Gasteiger charge is -2.31. The highest BCUT2D eigenvalue weighted by Gasteiger charge is 2.45. The molecule has 2 heterocycles. The molecule has 6 heteroatoms. The topological polar surface area (TPSA) is 45.1 Å². The number of amidine groups is 1. The number of halogens is 1. The van der Waals surface area contributed by atoms with Crippen molar-refractivity contribution >= 4 is 16.9 Å². The van der Waals surface area contributed by atoms with Crippen molar-refractivity contribution in [1.82, 2.24) is 4.90 Å². The van der Waals surface area contributed by atoms with E-state index in [4.69, 9.17) is 4.74 Å². The number of nitrogens with zero attached hydrogens (tertiary/aromatic N) is 2. The molecular formula is C12H13FN2O2S. The molecule has 4 nitrogen and oxygen atoms in total. The third-order valence-electron chi connectivity index (χ3n) is 3.00. The summed E-state index contributed by atoms with van der Waals surface area (Å²) < 4.78 is 18.5. The molecule has 1 saturated heterocycles. The van der Waals surface area contributed by atoms with Gasteiger partial charge in [-0.2, -0.15) is 0 Å². The van der Waals surface area contributed by atoms with Crippen LogP contribution in [0.2, 0.25) is 0 Å². The number of aliphatic hydroxyl groups is 1. The van der Waals surface area contributed by atoms with Gasteiger partial charge in [0, 0.05) is 12.6 Å². The predicted molar refractivity (Wildman–Crippen MR) is 68.3 cm³/mol. The van der Waals surface area contributed by atoms with Crippen molar-refractivity contribution in [2.45, 2.75) is 5.72 Å². The first-order valence-corrected chi connectivity index (χ1v) is 6.72. The van der Waals surface area contributed by atoms with Crippen LogP contribution in [-0.2, 0) is 0 Å². The molecule has 96 valence electrons. The first kappa shape index (κ1) is 11.8. The summed E-state index contributed by atoms with van der Waals surface area (Å²) in [5.41, 5.74) is -1.04. The second-order valence-electron chi connectivity index (χ2n) is 4.33. The van der Waals surface area contributed by atoms with Gasteiger partial charge in [-0.1, -0.05) is 17.8 Å². The van der Waals surface area contributed by atoms with Gasteiger partial charge in [-0.05, 0) is 12.1 Å². The van der Waals surface area contributed by atoms with Crippen molar-refractivity contribution in [3.63, 3.8) is 0 Å². The minimum absolute atomic E-state index is 0.114. The number of hydrogen-bond donors (Lipinski definition) is 1.